The first kappa shape index (κ1) is 15.2. The van der Waals surface area contributed by atoms with Crippen molar-refractivity contribution in [1.82, 2.24) is 0 Å². The lowest BCUT2D eigenvalue weighted by atomic mass is 10.2. The largest absolute Gasteiger partial charge is 0.506 e. The predicted molar refractivity (Wildman–Crippen MR) is 96.9 cm³/mol. The van der Waals surface area contributed by atoms with Gasteiger partial charge >= 0.3 is 0 Å². The van der Waals surface area contributed by atoms with Gasteiger partial charge < -0.3 is 5.11 Å². The van der Waals surface area contributed by atoms with Crippen LogP contribution >= 0.6 is 31.9 Å². The van der Waals surface area contributed by atoms with Crippen LogP contribution in [0.4, 0.5) is 5.69 Å². The van der Waals surface area contributed by atoms with Crippen LogP contribution in [0.3, 0.4) is 0 Å². The van der Waals surface area contributed by atoms with Crippen molar-refractivity contribution in [3.8, 4) is 5.75 Å². The Morgan fingerprint density at radius 3 is 2.73 bits per heavy atom. The zero-order valence-electron chi connectivity index (χ0n) is 11.6. The monoisotopic (exact) mass is 421 g/mol. The van der Waals surface area contributed by atoms with Gasteiger partial charge in [0.2, 0.25) is 0 Å². The van der Waals surface area contributed by atoms with E-state index in [9.17, 15) is 5.11 Å². The summed E-state index contributed by atoms with van der Waals surface area (Å²) in [6.45, 7) is 0.810. The molecule has 0 radical (unpaired) electrons. The molecular weight excluding hydrogens is 410 g/mol. The Labute approximate surface area is 145 Å². The standard InChI is InChI=1S/C16H13Br2N3O/c17-12-8-11(16(22)14(18)9-12)10-19-15-6-7-21(20-15)13-4-2-1-3-5-13/h1-5,8-10,22H,6-7H2. The van der Waals surface area contributed by atoms with E-state index in [4.69, 9.17) is 0 Å². The number of hydrogen-bond donors (Lipinski definition) is 1. The zero-order chi connectivity index (χ0) is 15.5. The summed E-state index contributed by atoms with van der Waals surface area (Å²) in [7, 11) is 0. The lowest BCUT2D eigenvalue weighted by molar-refractivity contribution is 0.471. The van der Waals surface area contributed by atoms with Crippen molar-refractivity contribution in [2.75, 3.05) is 11.6 Å². The van der Waals surface area contributed by atoms with Crippen LogP contribution in [0.2, 0.25) is 0 Å². The van der Waals surface area contributed by atoms with Crippen LogP contribution in [-0.2, 0) is 0 Å². The number of benzene rings is 2. The highest BCUT2D eigenvalue weighted by atomic mass is 79.9. The van der Waals surface area contributed by atoms with Crippen LogP contribution in [0.25, 0.3) is 0 Å². The molecule has 112 valence electrons. The van der Waals surface area contributed by atoms with Gasteiger partial charge in [-0.3, -0.25) is 5.01 Å². The Hall–Kier alpha value is -1.66. The number of aromatic hydroxyl groups is 1. The van der Waals surface area contributed by atoms with Crippen LogP contribution in [0.15, 0.2) is 61.5 Å². The molecule has 4 nitrogen and oxygen atoms in total. The van der Waals surface area contributed by atoms with E-state index >= 15 is 0 Å². The van der Waals surface area contributed by atoms with E-state index in [2.05, 4.69) is 42.0 Å². The summed E-state index contributed by atoms with van der Waals surface area (Å²) in [5.74, 6) is 0.921. The van der Waals surface area contributed by atoms with E-state index in [1.54, 1.807) is 12.3 Å². The second kappa shape index (κ2) is 6.62. The van der Waals surface area contributed by atoms with Crippen molar-refractivity contribution in [2.24, 2.45) is 10.1 Å². The van der Waals surface area contributed by atoms with Gasteiger partial charge in [0, 0.05) is 29.2 Å². The van der Waals surface area contributed by atoms with Crippen molar-refractivity contribution < 1.29 is 5.11 Å². The Balaban J connectivity index is 1.79. The van der Waals surface area contributed by atoms with Gasteiger partial charge in [0.1, 0.15) is 5.75 Å². The Morgan fingerprint density at radius 2 is 1.95 bits per heavy atom. The third-order valence-electron chi connectivity index (χ3n) is 3.25. The maximum Gasteiger partial charge on any atom is 0.150 e. The fraction of sp³-hybridized carbons (Fsp3) is 0.125. The minimum atomic E-state index is 0.172. The number of phenolic OH excluding ortho intramolecular Hbond substituents is 1. The lowest BCUT2D eigenvalue weighted by Gasteiger charge is -2.12. The predicted octanol–water partition coefficient (Wildman–Crippen LogP) is 4.56. The third-order valence-corrected chi connectivity index (χ3v) is 4.31. The van der Waals surface area contributed by atoms with E-state index < -0.39 is 0 Å². The van der Waals surface area contributed by atoms with Gasteiger partial charge in [-0.25, -0.2) is 4.99 Å². The first-order valence-corrected chi connectivity index (χ1v) is 8.34. The molecule has 0 atom stereocenters. The Morgan fingerprint density at radius 1 is 1.18 bits per heavy atom. The number of hydrogen-bond acceptors (Lipinski definition) is 4. The summed E-state index contributed by atoms with van der Waals surface area (Å²) < 4.78 is 1.50. The molecule has 0 saturated heterocycles. The molecule has 22 heavy (non-hydrogen) atoms. The normalized spacial score (nSPS) is 14.6. The molecule has 1 heterocycles. The second-order valence-corrected chi connectivity index (χ2v) is 6.58. The number of aliphatic imine (C=N–C) groups is 1. The summed E-state index contributed by atoms with van der Waals surface area (Å²) in [5.41, 5.74) is 1.70. The first-order valence-electron chi connectivity index (χ1n) is 6.75. The minimum absolute atomic E-state index is 0.172. The molecule has 2 aromatic carbocycles. The number of para-hydroxylation sites is 1. The molecule has 6 heteroatoms. The molecule has 2 aromatic rings. The van der Waals surface area contributed by atoms with Crippen molar-refractivity contribution in [3.63, 3.8) is 0 Å². The molecule has 0 amide bonds. The number of anilines is 1. The van der Waals surface area contributed by atoms with Crippen LogP contribution < -0.4 is 5.01 Å². The van der Waals surface area contributed by atoms with Crippen LogP contribution in [0.1, 0.15) is 12.0 Å². The SMILES string of the molecule is Oc1c(Br)cc(Br)cc1C=NC1=NN(c2ccccc2)CC1. The number of phenols is 1. The number of amidine groups is 1. The van der Waals surface area contributed by atoms with Gasteiger partial charge in [-0.05, 0) is 40.2 Å². The van der Waals surface area contributed by atoms with E-state index in [-0.39, 0.29) is 5.75 Å². The van der Waals surface area contributed by atoms with E-state index in [1.165, 1.54) is 0 Å². The first-order chi connectivity index (χ1) is 10.6. The van der Waals surface area contributed by atoms with Crippen molar-refractivity contribution in [2.45, 2.75) is 6.42 Å². The van der Waals surface area contributed by atoms with Gasteiger partial charge in [0.15, 0.2) is 5.84 Å². The van der Waals surface area contributed by atoms with Crippen molar-refractivity contribution in [3.05, 3.63) is 57.0 Å². The second-order valence-electron chi connectivity index (χ2n) is 4.81. The lowest BCUT2D eigenvalue weighted by Crippen LogP contribution is -2.11. The summed E-state index contributed by atoms with van der Waals surface area (Å²) in [6, 6.07) is 13.6. The molecular formula is C16H13Br2N3O. The summed E-state index contributed by atoms with van der Waals surface area (Å²) in [5, 5.41) is 16.4. The van der Waals surface area contributed by atoms with Gasteiger partial charge in [0.25, 0.3) is 0 Å². The van der Waals surface area contributed by atoms with Crippen LogP contribution in [0, 0.1) is 0 Å². The molecule has 0 unspecified atom stereocenters. The number of halogens is 2. The zero-order valence-corrected chi connectivity index (χ0v) is 14.7. The number of hydrazone groups is 1. The topological polar surface area (TPSA) is 48.2 Å². The molecule has 0 bridgehead atoms. The molecule has 1 aliphatic heterocycles. The molecule has 0 aromatic heterocycles. The fourth-order valence-electron chi connectivity index (χ4n) is 2.15. The highest BCUT2D eigenvalue weighted by Crippen LogP contribution is 2.30. The van der Waals surface area contributed by atoms with E-state index in [0.29, 0.717) is 10.0 Å². The molecule has 0 fully saturated rings. The smallest absolute Gasteiger partial charge is 0.150 e. The average molecular weight is 423 g/mol. The summed E-state index contributed by atoms with van der Waals surface area (Å²) >= 11 is 6.71. The van der Waals surface area contributed by atoms with Crippen molar-refractivity contribution >= 4 is 49.6 Å². The van der Waals surface area contributed by atoms with Gasteiger partial charge in [-0.2, -0.15) is 5.10 Å². The molecule has 0 saturated carbocycles. The summed E-state index contributed by atoms with van der Waals surface area (Å²) in [6.07, 6.45) is 2.42. The van der Waals surface area contributed by atoms with Gasteiger partial charge in [-0.1, -0.05) is 34.1 Å². The van der Waals surface area contributed by atoms with Crippen LogP contribution in [-0.4, -0.2) is 23.7 Å². The molecule has 0 spiro atoms. The van der Waals surface area contributed by atoms with Crippen molar-refractivity contribution in [1.29, 1.82) is 0 Å². The molecule has 0 aliphatic carbocycles. The van der Waals surface area contributed by atoms with Gasteiger partial charge in [0.05, 0.1) is 10.2 Å². The van der Waals surface area contributed by atoms with Crippen LogP contribution in [0.5, 0.6) is 5.75 Å². The van der Waals surface area contributed by atoms with E-state index in [1.807, 2.05) is 41.4 Å². The third kappa shape index (κ3) is 3.39. The maximum atomic E-state index is 10.0. The maximum absolute atomic E-state index is 10.0. The molecule has 1 aliphatic rings. The quantitative estimate of drug-likeness (QED) is 0.721. The fourth-order valence-corrected chi connectivity index (χ4v) is 3.41. The molecule has 3 rings (SSSR count). The highest BCUT2D eigenvalue weighted by molar-refractivity contribution is 9.11. The Bertz CT molecular complexity index is 745. The average Bonchev–Trinajstić information content (AvgIpc) is 2.99. The Kier molecular flexibility index (Phi) is 4.59. The molecule has 1 N–H and O–H groups in total. The summed E-state index contributed by atoms with van der Waals surface area (Å²) in [4.78, 5) is 4.39. The van der Waals surface area contributed by atoms with E-state index in [0.717, 1.165) is 29.0 Å². The number of rotatable bonds is 2. The number of nitrogens with zero attached hydrogens (tertiary/aromatic N) is 3. The van der Waals surface area contributed by atoms with Gasteiger partial charge in [-0.15, -0.1) is 0 Å². The minimum Gasteiger partial charge on any atom is -0.506 e. The highest BCUT2D eigenvalue weighted by Gasteiger charge is 2.15.